The Labute approximate surface area is 269 Å². The first kappa shape index (κ1) is 35.6. The zero-order valence-corrected chi connectivity index (χ0v) is 28.7. The van der Waals surface area contributed by atoms with Crippen LogP contribution in [0.15, 0.2) is 59.2 Å². The average molecular weight is 618 g/mol. The van der Waals surface area contributed by atoms with Gasteiger partial charge in [-0.05, 0) is 81.0 Å². The maximum Gasteiger partial charge on any atom is 0.254 e. The van der Waals surface area contributed by atoms with Crippen molar-refractivity contribution in [3.05, 3.63) is 76.6 Å². The van der Waals surface area contributed by atoms with Crippen molar-refractivity contribution in [1.82, 2.24) is 9.47 Å². The Balaban J connectivity index is 0.00000102. The molecule has 0 saturated carbocycles. The van der Waals surface area contributed by atoms with Crippen molar-refractivity contribution < 1.29 is 13.9 Å². The van der Waals surface area contributed by atoms with Crippen LogP contribution in [-0.2, 0) is 13.0 Å². The van der Waals surface area contributed by atoms with E-state index in [2.05, 4.69) is 66.9 Å². The van der Waals surface area contributed by atoms with Crippen LogP contribution in [0.25, 0.3) is 16.6 Å². The molecule has 45 heavy (non-hydrogen) atoms. The summed E-state index contributed by atoms with van der Waals surface area (Å²) in [4.78, 5) is 21.4. The number of hydrogen-bond acceptors (Lipinski definition) is 5. The number of fused-ring (bicyclic) bond motifs is 2. The number of rotatable bonds is 11. The standard InChI is InChI=1S/C32H40FN5O2.C5H12/c1-8-35-22(4)21(3)18-38-29(16-25-10-9-11-30(40-7)31(25)38)23(5)36(6)28-15-24-12-13-37(19-26(34)17-33)32(39)27(24)14-20(28)2;1-4-5(2)3/h8-11,14-16,26H,5,12-13,17-19,34H2,1-4,6-7H3;5H,4H2,1-3H3/b22-21+,35-8?;. The zero-order chi connectivity index (χ0) is 33.4. The summed E-state index contributed by atoms with van der Waals surface area (Å²) in [5, 5.41) is 1.06. The molecule has 2 N–H and O–H groups in total. The van der Waals surface area contributed by atoms with Gasteiger partial charge in [0, 0.05) is 55.2 Å². The Hall–Kier alpha value is -3.91. The molecule has 1 aliphatic heterocycles. The van der Waals surface area contributed by atoms with E-state index in [-0.39, 0.29) is 12.5 Å². The third-order valence-corrected chi connectivity index (χ3v) is 8.56. The molecule has 244 valence electrons. The molecule has 0 aliphatic carbocycles. The lowest BCUT2D eigenvalue weighted by Crippen LogP contribution is -2.45. The molecule has 3 aromatic rings. The summed E-state index contributed by atoms with van der Waals surface area (Å²) < 4.78 is 21.0. The SMILES string of the molecule is C=C(c1cc2cccc(OC)c2n1C/C(C)=C(\C)N=CC)N(C)c1cc2c(cc1C)C(=O)N(CC(N)CF)CC2.CCC(C)C. The maximum absolute atomic E-state index is 13.2. The largest absolute Gasteiger partial charge is 0.495 e. The highest BCUT2D eigenvalue weighted by atomic mass is 19.1. The second-order valence-electron chi connectivity index (χ2n) is 12.3. The smallest absolute Gasteiger partial charge is 0.254 e. The van der Waals surface area contributed by atoms with Gasteiger partial charge >= 0.3 is 0 Å². The van der Waals surface area contributed by atoms with Crippen molar-refractivity contribution in [3.63, 3.8) is 0 Å². The molecule has 1 unspecified atom stereocenters. The molecule has 2 aromatic carbocycles. The number of methoxy groups -OCH3 is 1. The molecule has 1 amide bonds. The van der Waals surface area contributed by atoms with Crippen molar-refractivity contribution in [3.8, 4) is 5.75 Å². The minimum atomic E-state index is -0.665. The van der Waals surface area contributed by atoms with Gasteiger partial charge in [0.2, 0.25) is 0 Å². The van der Waals surface area contributed by atoms with E-state index < -0.39 is 12.7 Å². The van der Waals surface area contributed by atoms with E-state index in [1.807, 2.05) is 46.0 Å². The first-order valence-electron chi connectivity index (χ1n) is 15.9. The molecule has 2 heterocycles. The van der Waals surface area contributed by atoms with Gasteiger partial charge < -0.3 is 24.8 Å². The number of halogens is 1. The number of nitrogens with zero attached hydrogens (tertiary/aromatic N) is 4. The van der Waals surface area contributed by atoms with Crippen LogP contribution in [0, 0.1) is 12.8 Å². The molecular formula is C37H52FN5O2. The van der Waals surface area contributed by atoms with Gasteiger partial charge in [0.15, 0.2) is 0 Å². The van der Waals surface area contributed by atoms with Crippen LogP contribution in [0.3, 0.4) is 0 Å². The molecular weight excluding hydrogens is 565 g/mol. The summed E-state index contributed by atoms with van der Waals surface area (Å²) in [7, 11) is 3.69. The van der Waals surface area contributed by atoms with Crippen molar-refractivity contribution in [2.75, 3.05) is 38.8 Å². The summed E-state index contributed by atoms with van der Waals surface area (Å²) in [5.74, 6) is 1.58. The fourth-order valence-electron chi connectivity index (χ4n) is 5.37. The monoisotopic (exact) mass is 617 g/mol. The second kappa shape index (κ2) is 15.9. The van der Waals surface area contributed by atoms with Gasteiger partial charge in [0.25, 0.3) is 5.91 Å². The molecule has 0 fully saturated rings. The highest BCUT2D eigenvalue weighted by Gasteiger charge is 2.28. The lowest BCUT2D eigenvalue weighted by atomic mass is 9.95. The third kappa shape index (κ3) is 8.23. The normalized spacial score (nSPS) is 14.3. The fraction of sp³-hybridized carbons (Fsp3) is 0.459. The van der Waals surface area contributed by atoms with Crippen molar-refractivity contribution >= 4 is 34.4 Å². The number of para-hydroxylation sites is 1. The molecule has 0 saturated heterocycles. The third-order valence-electron chi connectivity index (χ3n) is 8.56. The molecule has 1 aromatic heterocycles. The molecule has 7 nitrogen and oxygen atoms in total. The molecule has 1 atom stereocenters. The van der Waals surface area contributed by atoms with Crippen molar-refractivity contribution in [2.24, 2.45) is 16.6 Å². The van der Waals surface area contributed by atoms with Gasteiger partial charge in [-0.15, -0.1) is 0 Å². The topological polar surface area (TPSA) is 76.1 Å². The van der Waals surface area contributed by atoms with Gasteiger partial charge in [0.05, 0.1) is 30.1 Å². The minimum Gasteiger partial charge on any atom is -0.495 e. The van der Waals surface area contributed by atoms with Gasteiger partial charge in [0.1, 0.15) is 12.4 Å². The van der Waals surface area contributed by atoms with Crippen LogP contribution < -0.4 is 15.4 Å². The highest BCUT2D eigenvalue weighted by molar-refractivity contribution is 5.98. The number of hydrogen-bond donors (Lipinski definition) is 1. The Morgan fingerprint density at radius 1 is 1.24 bits per heavy atom. The van der Waals surface area contributed by atoms with E-state index >= 15 is 0 Å². The van der Waals surface area contributed by atoms with Crippen molar-refractivity contribution in [2.45, 2.75) is 73.9 Å². The van der Waals surface area contributed by atoms with Gasteiger partial charge in [-0.3, -0.25) is 9.79 Å². The molecule has 0 bridgehead atoms. The number of anilines is 1. The number of aromatic nitrogens is 1. The maximum atomic E-state index is 13.2. The summed E-state index contributed by atoms with van der Waals surface area (Å²) in [5.41, 5.74) is 14.3. The molecule has 0 radical (unpaired) electrons. The van der Waals surface area contributed by atoms with E-state index in [1.54, 1.807) is 18.2 Å². The van der Waals surface area contributed by atoms with Crippen LogP contribution in [0.1, 0.15) is 75.1 Å². The minimum absolute atomic E-state index is 0.0964. The quantitative estimate of drug-likeness (QED) is 0.223. The predicted molar refractivity (Wildman–Crippen MR) is 188 cm³/mol. The molecule has 0 spiro atoms. The van der Waals surface area contributed by atoms with Crippen LogP contribution in [-0.4, -0.2) is 61.6 Å². The second-order valence-corrected chi connectivity index (χ2v) is 12.3. The van der Waals surface area contributed by atoms with E-state index in [1.165, 1.54) is 6.42 Å². The number of carbonyl (C=O) groups is 1. The number of amides is 1. The van der Waals surface area contributed by atoms with E-state index in [0.29, 0.717) is 25.1 Å². The fourth-order valence-corrected chi connectivity index (χ4v) is 5.37. The summed E-state index contributed by atoms with van der Waals surface area (Å²) >= 11 is 0. The first-order valence-corrected chi connectivity index (χ1v) is 15.9. The number of carbonyl (C=O) groups excluding carboxylic acids is 1. The number of ether oxygens (including phenoxy) is 1. The highest BCUT2D eigenvalue weighted by Crippen LogP contribution is 2.36. The lowest BCUT2D eigenvalue weighted by Gasteiger charge is -2.32. The number of nitrogens with two attached hydrogens (primary N) is 1. The van der Waals surface area contributed by atoms with Crippen LogP contribution in [0.2, 0.25) is 0 Å². The molecule has 4 rings (SSSR count). The number of benzene rings is 2. The van der Waals surface area contributed by atoms with Gasteiger partial charge in [-0.25, -0.2) is 4.39 Å². The van der Waals surface area contributed by atoms with Gasteiger partial charge in [-0.1, -0.05) is 45.9 Å². The van der Waals surface area contributed by atoms with Crippen LogP contribution >= 0.6 is 0 Å². The summed E-state index contributed by atoms with van der Waals surface area (Å²) in [6.07, 6.45) is 3.80. The number of aryl methyl sites for hydroxylation is 1. The van der Waals surface area contributed by atoms with Crippen LogP contribution in [0.4, 0.5) is 10.1 Å². The van der Waals surface area contributed by atoms with E-state index in [0.717, 1.165) is 62.0 Å². The Morgan fingerprint density at radius 2 is 1.93 bits per heavy atom. The summed E-state index contributed by atoms with van der Waals surface area (Å²) in [6.45, 7) is 19.9. The average Bonchev–Trinajstić information content (AvgIpc) is 3.40. The Bertz CT molecular complexity index is 1570. The van der Waals surface area contributed by atoms with Crippen LogP contribution in [0.5, 0.6) is 5.75 Å². The van der Waals surface area contributed by atoms with Crippen molar-refractivity contribution in [1.29, 1.82) is 0 Å². The number of aliphatic imine (C=N–C) groups is 1. The van der Waals surface area contributed by atoms with E-state index in [9.17, 15) is 9.18 Å². The number of alkyl halides is 1. The lowest BCUT2D eigenvalue weighted by molar-refractivity contribution is 0.0724. The molecule has 1 aliphatic rings. The Kier molecular flexibility index (Phi) is 12.6. The number of allylic oxidation sites excluding steroid dienone is 2. The first-order chi connectivity index (χ1) is 21.4. The predicted octanol–water partition coefficient (Wildman–Crippen LogP) is 7.80. The Morgan fingerprint density at radius 3 is 2.53 bits per heavy atom. The van der Waals surface area contributed by atoms with E-state index in [4.69, 9.17) is 10.5 Å². The summed E-state index contributed by atoms with van der Waals surface area (Å²) in [6, 6.07) is 11.5. The zero-order valence-electron chi connectivity index (χ0n) is 28.7. The van der Waals surface area contributed by atoms with Gasteiger partial charge in [-0.2, -0.15) is 0 Å². The molecule has 8 heteroatoms.